The highest BCUT2D eigenvalue weighted by Gasteiger charge is 2.34. The summed E-state index contributed by atoms with van der Waals surface area (Å²) in [6.07, 6.45) is 13.5. The van der Waals surface area contributed by atoms with Crippen LogP contribution in [0.25, 0.3) is 10.9 Å². The molecule has 2 heteroatoms. The van der Waals surface area contributed by atoms with Gasteiger partial charge in [0.1, 0.15) is 0 Å². The lowest BCUT2D eigenvalue weighted by Gasteiger charge is -2.25. The summed E-state index contributed by atoms with van der Waals surface area (Å²) in [6, 6.07) is 8.61. The monoisotopic (exact) mass is 286 g/mol. The highest BCUT2D eigenvalue weighted by molar-refractivity contribution is 6.11. The Kier molecular flexibility index (Phi) is 2.54. The minimum absolute atomic E-state index is 0.443. The van der Waals surface area contributed by atoms with Crippen LogP contribution in [0.3, 0.4) is 0 Å². The molecule has 108 valence electrons. The summed E-state index contributed by atoms with van der Waals surface area (Å²) in [5.74, 6) is 0.443. The molecule has 2 aromatic rings. The predicted octanol–water partition coefficient (Wildman–Crippen LogP) is 5.03. The molecular weight excluding hydrogens is 268 g/mol. The molecule has 2 nitrogen and oxygen atoms in total. The Morgan fingerprint density at radius 2 is 2.09 bits per heavy atom. The van der Waals surface area contributed by atoms with E-state index >= 15 is 0 Å². The van der Waals surface area contributed by atoms with E-state index in [0.29, 0.717) is 5.92 Å². The van der Waals surface area contributed by atoms with Gasteiger partial charge in [-0.05, 0) is 54.5 Å². The van der Waals surface area contributed by atoms with E-state index in [0.717, 1.165) is 6.42 Å². The van der Waals surface area contributed by atoms with Gasteiger partial charge in [-0.2, -0.15) is 0 Å². The number of hydrogen-bond donors (Lipinski definition) is 1. The molecule has 2 aliphatic carbocycles. The number of rotatable bonds is 1. The second kappa shape index (κ2) is 4.57. The molecule has 0 bridgehead atoms. The zero-order valence-corrected chi connectivity index (χ0v) is 12.5. The fourth-order valence-corrected chi connectivity index (χ4v) is 4.16. The summed E-state index contributed by atoms with van der Waals surface area (Å²) in [5.41, 5.74) is 8.19. The fraction of sp³-hybridized carbons (Fsp3) is 0.250. The van der Waals surface area contributed by atoms with Gasteiger partial charge in [0, 0.05) is 23.0 Å². The molecule has 0 radical (unpaired) electrons. The van der Waals surface area contributed by atoms with Crippen LogP contribution in [0.15, 0.2) is 70.5 Å². The summed E-state index contributed by atoms with van der Waals surface area (Å²) in [5, 5.41) is 1.35. The largest absolute Gasteiger partial charge is 0.361 e. The number of nitrogens with zero attached hydrogens (tertiary/aromatic N) is 1. The number of aromatic amines is 1. The van der Waals surface area contributed by atoms with E-state index in [1.54, 1.807) is 0 Å². The summed E-state index contributed by atoms with van der Waals surface area (Å²) >= 11 is 0. The molecule has 1 fully saturated rings. The Balaban J connectivity index is 1.66. The van der Waals surface area contributed by atoms with Crippen molar-refractivity contribution >= 4 is 16.6 Å². The number of para-hydroxylation sites is 1. The normalized spacial score (nSPS) is 23.4. The highest BCUT2D eigenvalue weighted by Crippen LogP contribution is 2.44. The van der Waals surface area contributed by atoms with Gasteiger partial charge in [0.2, 0.25) is 0 Å². The molecule has 1 aliphatic heterocycles. The van der Waals surface area contributed by atoms with Gasteiger partial charge >= 0.3 is 0 Å². The lowest BCUT2D eigenvalue weighted by Crippen LogP contribution is -2.18. The van der Waals surface area contributed by atoms with Crippen LogP contribution in [0, 0.1) is 0 Å². The number of benzene rings is 1. The van der Waals surface area contributed by atoms with Gasteiger partial charge in [0.15, 0.2) is 0 Å². The number of hydrogen-bond acceptors (Lipinski definition) is 1. The Morgan fingerprint density at radius 1 is 1.14 bits per heavy atom. The molecule has 22 heavy (non-hydrogen) atoms. The van der Waals surface area contributed by atoms with Gasteiger partial charge in [-0.25, -0.2) is 0 Å². The maximum Gasteiger partial charge on any atom is 0.0671 e. The van der Waals surface area contributed by atoms with Gasteiger partial charge in [-0.15, -0.1) is 0 Å². The second-order valence-electron chi connectivity index (χ2n) is 6.37. The first kappa shape index (κ1) is 12.2. The van der Waals surface area contributed by atoms with E-state index in [2.05, 4.69) is 53.7 Å². The SMILES string of the molecule is C1=CCC2=C3CCCC(c4c[nH]c5ccccc45)C3=NC2=C1. The quantitative estimate of drug-likeness (QED) is 0.761. The van der Waals surface area contributed by atoms with Crippen molar-refractivity contribution in [3.05, 3.63) is 71.1 Å². The van der Waals surface area contributed by atoms with Gasteiger partial charge < -0.3 is 4.98 Å². The van der Waals surface area contributed by atoms with Crippen LogP contribution >= 0.6 is 0 Å². The van der Waals surface area contributed by atoms with Crippen molar-refractivity contribution in [3.8, 4) is 0 Å². The smallest absolute Gasteiger partial charge is 0.0671 e. The van der Waals surface area contributed by atoms with Crippen molar-refractivity contribution in [2.75, 3.05) is 0 Å². The molecule has 1 unspecified atom stereocenters. The molecular formula is C20H18N2. The molecule has 1 aromatic carbocycles. The minimum atomic E-state index is 0.443. The van der Waals surface area contributed by atoms with Crippen molar-refractivity contribution in [2.24, 2.45) is 4.99 Å². The zero-order valence-electron chi connectivity index (χ0n) is 12.5. The fourth-order valence-electron chi connectivity index (χ4n) is 4.16. The maximum absolute atomic E-state index is 5.01. The van der Waals surface area contributed by atoms with E-state index in [1.165, 1.54) is 58.3 Å². The first-order chi connectivity index (χ1) is 10.9. The zero-order chi connectivity index (χ0) is 14.5. The van der Waals surface area contributed by atoms with Crippen molar-refractivity contribution in [1.82, 2.24) is 4.98 Å². The average molecular weight is 286 g/mol. The summed E-state index contributed by atoms with van der Waals surface area (Å²) in [7, 11) is 0. The lowest BCUT2D eigenvalue weighted by molar-refractivity contribution is 0.670. The molecule has 0 spiro atoms. The third-order valence-electron chi connectivity index (χ3n) is 5.18. The van der Waals surface area contributed by atoms with E-state index in [4.69, 9.17) is 4.99 Å². The van der Waals surface area contributed by atoms with E-state index in [1.807, 2.05) is 0 Å². The molecule has 1 atom stereocenters. The third-order valence-corrected chi connectivity index (χ3v) is 5.18. The van der Waals surface area contributed by atoms with Crippen molar-refractivity contribution in [2.45, 2.75) is 31.6 Å². The van der Waals surface area contributed by atoms with E-state index in [9.17, 15) is 0 Å². The number of nitrogens with one attached hydrogen (secondary N) is 1. The van der Waals surface area contributed by atoms with Crippen LogP contribution in [-0.2, 0) is 0 Å². The van der Waals surface area contributed by atoms with Gasteiger partial charge in [0.25, 0.3) is 0 Å². The minimum Gasteiger partial charge on any atom is -0.361 e. The van der Waals surface area contributed by atoms with Crippen molar-refractivity contribution in [3.63, 3.8) is 0 Å². The van der Waals surface area contributed by atoms with Gasteiger partial charge in [0.05, 0.1) is 11.4 Å². The maximum atomic E-state index is 5.01. The molecule has 0 saturated heterocycles. The summed E-state index contributed by atoms with van der Waals surface area (Å²) in [6.45, 7) is 0. The van der Waals surface area contributed by atoms with Crippen LogP contribution in [0.4, 0.5) is 0 Å². The van der Waals surface area contributed by atoms with Crippen LogP contribution in [0.2, 0.25) is 0 Å². The molecule has 0 amide bonds. The molecule has 2 heterocycles. The van der Waals surface area contributed by atoms with Gasteiger partial charge in [-0.1, -0.05) is 30.4 Å². The van der Waals surface area contributed by atoms with Crippen LogP contribution in [-0.4, -0.2) is 10.7 Å². The Bertz CT molecular complexity index is 889. The van der Waals surface area contributed by atoms with Crippen LogP contribution in [0.5, 0.6) is 0 Å². The highest BCUT2D eigenvalue weighted by atomic mass is 14.8. The van der Waals surface area contributed by atoms with Crippen LogP contribution in [0.1, 0.15) is 37.2 Å². The number of aromatic nitrogens is 1. The summed E-state index contributed by atoms with van der Waals surface area (Å²) in [4.78, 5) is 8.44. The van der Waals surface area contributed by atoms with E-state index in [-0.39, 0.29) is 0 Å². The Hall–Kier alpha value is -2.35. The number of allylic oxidation sites excluding steroid dienone is 5. The lowest BCUT2D eigenvalue weighted by atomic mass is 9.78. The van der Waals surface area contributed by atoms with Crippen molar-refractivity contribution < 1.29 is 0 Å². The number of H-pyrrole nitrogens is 1. The Labute approximate surface area is 130 Å². The number of fused-ring (bicyclic) bond motifs is 3. The third kappa shape index (κ3) is 1.64. The second-order valence-corrected chi connectivity index (χ2v) is 6.37. The van der Waals surface area contributed by atoms with Gasteiger partial charge in [-0.3, -0.25) is 4.99 Å². The number of aliphatic imine (C=N–C) groups is 1. The molecule has 3 aliphatic rings. The predicted molar refractivity (Wildman–Crippen MR) is 91.2 cm³/mol. The Morgan fingerprint density at radius 3 is 3.09 bits per heavy atom. The first-order valence-electron chi connectivity index (χ1n) is 8.16. The topological polar surface area (TPSA) is 28.1 Å². The standard InChI is InChI=1S/C20H18N2/c1-3-10-18-14(7-1)17(12-21-18)16-9-5-8-15-13-6-2-4-11-19(13)22-20(15)16/h1-4,7,10-12,16,21H,5-6,8-9H2. The molecule has 5 rings (SSSR count). The summed E-state index contributed by atoms with van der Waals surface area (Å²) < 4.78 is 0. The van der Waals surface area contributed by atoms with Crippen LogP contribution < -0.4 is 0 Å². The molecule has 1 saturated carbocycles. The average Bonchev–Trinajstić information content (AvgIpc) is 3.16. The van der Waals surface area contributed by atoms with Crippen molar-refractivity contribution in [1.29, 1.82) is 0 Å². The van der Waals surface area contributed by atoms with E-state index < -0.39 is 0 Å². The molecule has 1 N–H and O–H groups in total. The molecule has 1 aromatic heterocycles. The first-order valence-corrected chi connectivity index (χ1v) is 8.16.